The molecule has 1 fully saturated rings. The zero-order chi connectivity index (χ0) is 21.3. The topological polar surface area (TPSA) is 78.0 Å². The van der Waals surface area contributed by atoms with Gasteiger partial charge in [0, 0.05) is 38.8 Å². The molecule has 1 unspecified atom stereocenters. The van der Waals surface area contributed by atoms with Crippen molar-refractivity contribution in [2.24, 2.45) is 4.99 Å². The molecule has 164 valence electrons. The van der Waals surface area contributed by atoms with E-state index in [4.69, 9.17) is 4.74 Å². The van der Waals surface area contributed by atoms with Crippen LogP contribution >= 0.6 is 11.3 Å². The Labute approximate surface area is 179 Å². The van der Waals surface area contributed by atoms with Gasteiger partial charge in [0.1, 0.15) is 5.60 Å². The fourth-order valence-corrected chi connectivity index (χ4v) is 4.14. The maximum absolute atomic E-state index is 12.1. The lowest BCUT2D eigenvalue weighted by Gasteiger charge is -2.33. The van der Waals surface area contributed by atoms with Gasteiger partial charge in [0.05, 0.1) is 5.00 Å². The van der Waals surface area contributed by atoms with Crippen molar-refractivity contribution in [3.8, 4) is 0 Å². The number of nitrogens with one attached hydrogen (secondary N) is 3. The number of aliphatic imine (C=N–C) groups is 1. The van der Waals surface area contributed by atoms with Crippen LogP contribution in [0.5, 0.6) is 0 Å². The Kier molecular flexibility index (Phi) is 9.07. The average Bonchev–Trinajstić information content (AvgIpc) is 3.18. The molecule has 2 rings (SSSR count). The lowest BCUT2D eigenvalue weighted by molar-refractivity contribution is 0.0502. The first-order chi connectivity index (χ1) is 13.8. The molecule has 0 saturated carbocycles. The Balaban J connectivity index is 1.77. The monoisotopic (exact) mass is 423 g/mol. The van der Waals surface area contributed by atoms with Gasteiger partial charge in [-0.2, -0.15) is 0 Å². The third-order valence-electron chi connectivity index (χ3n) is 4.75. The van der Waals surface area contributed by atoms with Crippen LogP contribution in [0.2, 0.25) is 0 Å². The van der Waals surface area contributed by atoms with Gasteiger partial charge in [-0.25, -0.2) is 4.79 Å². The van der Waals surface area contributed by atoms with Gasteiger partial charge in [0.2, 0.25) is 0 Å². The van der Waals surface area contributed by atoms with Crippen molar-refractivity contribution >= 4 is 28.4 Å². The average molecular weight is 424 g/mol. The second-order valence-corrected chi connectivity index (χ2v) is 9.37. The van der Waals surface area contributed by atoms with Crippen molar-refractivity contribution in [1.29, 1.82) is 0 Å². The number of ether oxygens (including phenoxy) is 1. The van der Waals surface area contributed by atoms with E-state index in [0.29, 0.717) is 12.6 Å². The molecule has 8 heteroatoms. The number of anilines is 1. The van der Waals surface area contributed by atoms with E-state index >= 15 is 0 Å². The molecular formula is C21H37N5O2S. The minimum absolute atomic E-state index is 0.00549. The highest BCUT2D eigenvalue weighted by Crippen LogP contribution is 2.24. The largest absolute Gasteiger partial charge is 0.444 e. The number of rotatable bonds is 7. The summed E-state index contributed by atoms with van der Waals surface area (Å²) in [6.07, 6.45) is 3.64. The Bertz CT molecular complexity index is 634. The third-order valence-corrected chi connectivity index (χ3v) is 5.68. The molecule has 0 aliphatic carbocycles. The zero-order valence-electron chi connectivity index (χ0n) is 18.5. The van der Waals surface area contributed by atoms with E-state index in [9.17, 15) is 4.79 Å². The molecule has 0 radical (unpaired) electrons. The summed E-state index contributed by atoms with van der Waals surface area (Å²) in [6, 6.07) is 4.69. The van der Waals surface area contributed by atoms with Crippen LogP contribution in [0.25, 0.3) is 0 Å². The summed E-state index contributed by atoms with van der Waals surface area (Å²) in [4.78, 5) is 18.9. The molecule has 2 heterocycles. The molecule has 1 aromatic heterocycles. The molecule has 1 atom stereocenters. The van der Waals surface area contributed by atoms with Crippen molar-refractivity contribution in [3.05, 3.63) is 17.5 Å². The first kappa shape index (κ1) is 23.3. The van der Waals surface area contributed by atoms with Gasteiger partial charge in [-0.05, 0) is 57.5 Å². The van der Waals surface area contributed by atoms with Gasteiger partial charge in [0.25, 0.3) is 0 Å². The fourth-order valence-electron chi connectivity index (χ4n) is 3.35. The number of amides is 1. The number of thiophene rings is 1. The van der Waals surface area contributed by atoms with Crippen LogP contribution in [0.15, 0.2) is 22.5 Å². The summed E-state index contributed by atoms with van der Waals surface area (Å²) < 4.78 is 5.38. The Hall–Kier alpha value is -1.96. The molecule has 1 aliphatic heterocycles. The summed E-state index contributed by atoms with van der Waals surface area (Å²) >= 11 is 1.80. The summed E-state index contributed by atoms with van der Waals surface area (Å²) in [5.74, 6) is 0.784. The van der Waals surface area contributed by atoms with E-state index < -0.39 is 5.60 Å². The SMILES string of the molecule is CCCC(CNC(=NC)NC1CCN(c2cccs2)CC1)NC(=O)OC(C)(C)C. The molecule has 3 N–H and O–H groups in total. The van der Waals surface area contributed by atoms with Crippen LogP contribution in [-0.4, -0.2) is 56.4 Å². The number of alkyl carbamates (subject to hydrolysis) is 1. The van der Waals surface area contributed by atoms with Crippen LogP contribution in [-0.2, 0) is 4.74 Å². The Morgan fingerprint density at radius 2 is 2.10 bits per heavy atom. The third kappa shape index (κ3) is 8.51. The van der Waals surface area contributed by atoms with Crippen LogP contribution in [0.1, 0.15) is 53.4 Å². The Morgan fingerprint density at radius 1 is 1.38 bits per heavy atom. The van der Waals surface area contributed by atoms with Gasteiger partial charge in [-0.1, -0.05) is 13.3 Å². The highest BCUT2D eigenvalue weighted by atomic mass is 32.1. The summed E-state index contributed by atoms with van der Waals surface area (Å²) in [7, 11) is 1.78. The van der Waals surface area contributed by atoms with Gasteiger partial charge in [-0.3, -0.25) is 4.99 Å². The molecule has 1 aromatic rings. The standard InChI is InChI=1S/C21H37N5O2S/c1-6-8-17(25-20(27)28-21(2,3)4)15-23-19(22-5)24-16-10-12-26(13-11-16)18-9-7-14-29-18/h7,9,14,16-17H,6,8,10-13,15H2,1-5H3,(H,25,27)(H2,22,23,24). The summed E-state index contributed by atoms with van der Waals surface area (Å²) in [5, 5.41) is 13.3. The lowest BCUT2D eigenvalue weighted by atomic mass is 10.1. The predicted octanol–water partition coefficient (Wildman–Crippen LogP) is 3.58. The smallest absolute Gasteiger partial charge is 0.407 e. The van der Waals surface area contributed by atoms with Crippen LogP contribution in [0, 0.1) is 0 Å². The summed E-state index contributed by atoms with van der Waals surface area (Å²) in [5.41, 5.74) is -0.496. The second kappa shape index (κ2) is 11.3. The van der Waals surface area contributed by atoms with Crippen molar-refractivity contribution in [3.63, 3.8) is 0 Å². The normalized spacial score (nSPS) is 17.0. The maximum atomic E-state index is 12.1. The van der Waals surface area contributed by atoms with E-state index in [-0.39, 0.29) is 12.1 Å². The predicted molar refractivity (Wildman–Crippen MR) is 122 cm³/mol. The molecule has 1 aliphatic rings. The molecule has 7 nitrogen and oxygen atoms in total. The minimum Gasteiger partial charge on any atom is -0.444 e. The van der Waals surface area contributed by atoms with Crippen molar-refractivity contribution in [2.45, 2.75) is 71.1 Å². The molecule has 1 saturated heterocycles. The van der Waals surface area contributed by atoms with Gasteiger partial charge in [-0.15, -0.1) is 11.3 Å². The molecule has 0 spiro atoms. The number of guanidine groups is 1. The van der Waals surface area contributed by atoms with E-state index in [2.05, 4.69) is 50.3 Å². The zero-order valence-corrected chi connectivity index (χ0v) is 19.3. The van der Waals surface area contributed by atoms with E-state index in [0.717, 1.165) is 44.7 Å². The van der Waals surface area contributed by atoms with Gasteiger partial charge >= 0.3 is 6.09 Å². The van der Waals surface area contributed by atoms with E-state index in [1.807, 2.05) is 20.8 Å². The van der Waals surface area contributed by atoms with Gasteiger partial charge in [0.15, 0.2) is 5.96 Å². The highest BCUT2D eigenvalue weighted by molar-refractivity contribution is 7.14. The number of piperidine rings is 1. The number of nitrogens with zero attached hydrogens (tertiary/aromatic N) is 2. The number of hydrogen-bond donors (Lipinski definition) is 3. The highest BCUT2D eigenvalue weighted by Gasteiger charge is 2.22. The van der Waals surface area contributed by atoms with Crippen molar-refractivity contribution in [1.82, 2.24) is 16.0 Å². The molecular weight excluding hydrogens is 386 g/mol. The molecule has 0 aromatic carbocycles. The summed E-state index contributed by atoms with van der Waals surface area (Å²) in [6.45, 7) is 10.4. The minimum atomic E-state index is -0.496. The van der Waals surface area contributed by atoms with Crippen LogP contribution < -0.4 is 20.9 Å². The first-order valence-electron chi connectivity index (χ1n) is 10.6. The number of carbonyl (C=O) groups excluding carboxylic acids is 1. The maximum Gasteiger partial charge on any atom is 0.407 e. The lowest BCUT2D eigenvalue weighted by Crippen LogP contribution is -2.52. The van der Waals surface area contributed by atoms with Crippen LogP contribution in [0.3, 0.4) is 0 Å². The van der Waals surface area contributed by atoms with Gasteiger partial charge < -0.3 is 25.6 Å². The second-order valence-electron chi connectivity index (χ2n) is 8.44. The van der Waals surface area contributed by atoms with Crippen molar-refractivity contribution in [2.75, 3.05) is 31.6 Å². The first-order valence-corrected chi connectivity index (χ1v) is 11.4. The quantitative estimate of drug-likeness (QED) is 0.462. The molecule has 29 heavy (non-hydrogen) atoms. The van der Waals surface area contributed by atoms with E-state index in [1.54, 1.807) is 18.4 Å². The van der Waals surface area contributed by atoms with Crippen molar-refractivity contribution < 1.29 is 9.53 Å². The molecule has 1 amide bonds. The molecule has 0 bridgehead atoms. The number of carbonyl (C=O) groups is 1. The van der Waals surface area contributed by atoms with Crippen LogP contribution in [0.4, 0.5) is 9.80 Å². The number of hydrogen-bond acceptors (Lipinski definition) is 5. The van der Waals surface area contributed by atoms with E-state index in [1.165, 1.54) is 5.00 Å². The fraction of sp³-hybridized carbons (Fsp3) is 0.714. The Morgan fingerprint density at radius 3 is 2.66 bits per heavy atom.